The van der Waals surface area contributed by atoms with E-state index < -0.39 is 0 Å². The van der Waals surface area contributed by atoms with Crippen LogP contribution in [0, 0.1) is 0 Å². The van der Waals surface area contributed by atoms with Crippen LogP contribution in [0.15, 0.2) is 12.4 Å². The fraction of sp³-hybridized carbons (Fsp3) is 0.769. The molecule has 1 aromatic rings. The number of hydrogen-bond acceptors (Lipinski definition) is 4. The van der Waals surface area contributed by atoms with Crippen molar-refractivity contribution in [3.05, 3.63) is 12.4 Å². The Balaban J connectivity index is 2.09. The van der Waals surface area contributed by atoms with E-state index in [1.807, 2.05) is 6.20 Å². The van der Waals surface area contributed by atoms with E-state index in [-0.39, 0.29) is 0 Å². The molecule has 0 aliphatic heterocycles. The molecule has 0 aliphatic carbocycles. The van der Waals surface area contributed by atoms with Crippen molar-refractivity contribution < 1.29 is 9.47 Å². The summed E-state index contributed by atoms with van der Waals surface area (Å²) in [5.74, 6) is 0.903. The highest BCUT2D eigenvalue weighted by atomic mass is 16.5. The lowest BCUT2D eigenvalue weighted by atomic mass is 10.4. The highest BCUT2D eigenvalue weighted by Gasteiger charge is 2.00. The van der Waals surface area contributed by atoms with Crippen LogP contribution in [0.1, 0.15) is 26.2 Å². The second-order valence-corrected chi connectivity index (χ2v) is 4.18. The van der Waals surface area contributed by atoms with Crippen molar-refractivity contribution in [3.63, 3.8) is 0 Å². The first-order chi connectivity index (χ1) is 8.88. The molecule has 0 radical (unpaired) electrons. The normalized spacial score (nSPS) is 10.8. The maximum atomic E-state index is 5.50. The Kier molecular flexibility index (Phi) is 8.25. The molecular weight excluding hydrogens is 230 g/mol. The molecule has 5 heteroatoms. The third kappa shape index (κ3) is 6.02. The zero-order valence-electron chi connectivity index (χ0n) is 11.5. The summed E-state index contributed by atoms with van der Waals surface area (Å²) in [6, 6.07) is 0. The average Bonchev–Trinajstić information content (AvgIpc) is 2.83. The average molecular weight is 255 g/mol. The van der Waals surface area contributed by atoms with E-state index in [4.69, 9.17) is 9.47 Å². The number of imidazole rings is 1. The number of rotatable bonds is 11. The van der Waals surface area contributed by atoms with E-state index >= 15 is 0 Å². The van der Waals surface area contributed by atoms with E-state index in [2.05, 4.69) is 21.8 Å². The van der Waals surface area contributed by atoms with Crippen LogP contribution in [-0.2, 0) is 16.0 Å². The lowest BCUT2D eigenvalue weighted by molar-refractivity contribution is 0.131. The van der Waals surface area contributed by atoms with Crippen LogP contribution >= 0.6 is 0 Å². The van der Waals surface area contributed by atoms with Gasteiger partial charge in [0.1, 0.15) is 0 Å². The Bertz CT molecular complexity index is 302. The molecular formula is C13H25N3O2. The first kappa shape index (κ1) is 15.0. The van der Waals surface area contributed by atoms with Crippen molar-refractivity contribution in [2.24, 2.45) is 0 Å². The Hall–Kier alpha value is -1.07. The van der Waals surface area contributed by atoms with Gasteiger partial charge in [-0.15, -0.1) is 0 Å². The van der Waals surface area contributed by atoms with Crippen LogP contribution in [0.25, 0.3) is 0 Å². The van der Waals surface area contributed by atoms with Gasteiger partial charge in [-0.3, -0.25) is 0 Å². The van der Waals surface area contributed by atoms with E-state index in [1.165, 1.54) is 6.42 Å². The smallest absolute Gasteiger partial charge is 0.202 e. The molecule has 18 heavy (non-hydrogen) atoms. The number of nitrogens with zero attached hydrogens (tertiary/aromatic N) is 2. The number of unbranched alkanes of at least 4 members (excludes halogenated alkanes) is 1. The van der Waals surface area contributed by atoms with Crippen LogP contribution in [0.3, 0.4) is 0 Å². The van der Waals surface area contributed by atoms with Crippen molar-refractivity contribution >= 4 is 5.95 Å². The van der Waals surface area contributed by atoms with E-state index in [0.717, 1.165) is 45.1 Å². The fourth-order valence-corrected chi connectivity index (χ4v) is 1.57. The molecule has 0 aliphatic rings. The van der Waals surface area contributed by atoms with Gasteiger partial charge < -0.3 is 19.4 Å². The standard InChI is InChI=1S/C13H25N3O2/c1-3-4-10-18-11-5-6-14-13-15-7-8-16(13)9-12-17-2/h7-8H,3-6,9-12H2,1-2H3,(H,14,15). The molecule has 0 unspecified atom stereocenters. The molecule has 1 rings (SSSR count). The minimum atomic E-state index is 0.700. The van der Waals surface area contributed by atoms with Gasteiger partial charge in [0.2, 0.25) is 5.95 Å². The highest BCUT2D eigenvalue weighted by molar-refractivity contribution is 5.25. The molecule has 5 nitrogen and oxygen atoms in total. The second-order valence-electron chi connectivity index (χ2n) is 4.18. The zero-order chi connectivity index (χ0) is 13.1. The lowest BCUT2D eigenvalue weighted by Crippen LogP contribution is -2.12. The number of methoxy groups -OCH3 is 1. The van der Waals surface area contributed by atoms with Gasteiger partial charge in [0.25, 0.3) is 0 Å². The Morgan fingerprint density at radius 3 is 2.89 bits per heavy atom. The van der Waals surface area contributed by atoms with Gasteiger partial charge >= 0.3 is 0 Å². The minimum absolute atomic E-state index is 0.700. The number of aromatic nitrogens is 2. The number of anilines is 1. The minimum Gasteiger partial charge on any atom is -0.383 e. The molecule has 0 bridgehead atoms. The van der Waals surface area contributed by atoms with Crippen molar-refractivity contribution in [1.82, 2.24) is 9.55 Å². The van der Waals surface area contributed by atoms with Crippen LogP contribution < -0.4 is 5.32 Å². The van der Waals surface area contributed by atoms with Gasteiger partial charge in [-0.2, -0.15) is 0 Å². The van der Waals surface area contributed by atoms with Gasteiger partial charge in [0.05, 0.1) is 6.61 Å². The summed E-state index contributed by atoms with van der Waals surface area (Å²) in [7, 11) is 1.71. The summed E-state index contributed by atoms with van der Waals surface area (Å²) in [6.07, 6.45) is 7.10. The topological polar surface area (TPSA) is 48.3 Å². The highest BCUT2D eigenvalue weighted by Crippen LogP contribution is 2.04. The molecule has 0 atom stereocenters. The molecule has 0 fully saturated rings. The van der Waals surface area contributed by atoms with Gasteiger partial charge in [-0.25, -0.2) is 4.98 Å². The maximum Gasteiger partial charge on any atom is 0.202 e. The first-order valence-electron chi connectivity index (χ1n) is 6.70. The third-order valence-electron chi connectivity index (χ3n) is 2.64. The third-order valence-corrected chi connectivity index (χ3v) is 2.64. The molecule has 0 aromatic carbocycles. The number of hydrogen-bond donors (Lipinski definition) is 1. The zero-order valence-corrected chi connectivity index (χ0v) is 11.5. The van der Waals surface area contributed by atoms with E-state index in [1.54, 1.807) is 13.3 Å². The van der Waals surface area contributed by atoms with Gasteiger partial charge in [0, 0.05) is 45.8 Å². The summed E-state index contributed by atoms with van der Waals surface area (Å²) in [5, 5.41) is 3.31. The molecule has 0 amide bonds. The van der Waals surface area contributed by atoms with E-state index in [9.17, 15) is 0 Å². The predicted molar refractivity (Wildman–Crippen MR) is 72.9 cm³/mol. The quantitative estimate of drug-likeness (QED) is 0.615. The van der Waals surface area contributed by atoms with Crippen molar-refractivity contribution in [2.45, 2.75) is 32.7 Å². The van der Waals surface area contributed by atoms with Gasteiger partial charge in [-0.1, -0.05) is 13.3 Å². The number of nitrogens with one attached hydrogen (secondary N) is 1. The Labute approximate surface area is 109 Å². The fourth-order valence-electron chi connectivity index (χ4n) is 1.57. The van der Waals surface area contributed by atoms with Crippen LogP contribution in [0.5, 0.6) is 0 Å². The maximum absolute atomic E-state index is 5.50. The molecule has 1 aromatic heterocycles. The SMILES string of the molecule is CCCCOCCCNc1nccn1CCOC. The van der Waals surface area contributed by atoms with Crippen LogP contribution in [0.4, 0.5) is 5.95 Å². The summed E-state index contributed by atoms with van der Waals surface area (Å²) in [4.78, 5) is 4.27. The van der Waals surface area contributed by atoms with Crippen molar-refractivity contribution in [1.29, 1.82) is 0 Å². The van der Waals surface area contributed by atoms with Crippen LogP contribution in [0.2, 0.25) is 0 Å². The van der Waals surface area contributed by atoms with Gasteiger partial charge in [0.15, 0.2) is 0 Å². The summed E-state index contributed by atoms with van der Waals surface area (Å²) < 4.78 is 12.6. The predicted octanol–water partition coefficient (Wildman–Crippen LogP) is 2.15. The Morgan fingerprint density at radius 1 is 1.28 bits per heavy atom. The van der Waals surface area contributed by atoms with Gasteiger partial charge in [-0.05, 0) is 12.8 Å². The molecule has 0 saturated heterocycles. The van der Waals surface area contributed by atoms with E-state index in [0.29, 0.717) is 6.61 Å². The molecule has 104 valence electrons. The second kappa shape index (κ2) is 9.91. The van der Waals surface area contributed by atoms with Crippen molar-refractivity contribution in [2.75, 3.05) is 38.8 Å². The summed E-state index contributed by atoms with van der Waals surface area (Å²) >= 11 is 0. The molecule has 0 saturated carbocycles. The number of ether oxygens (including phenoxy) is 2. The van der Waals surface area contributed by atoms with Crippen LogP contribution in [-0.4, -0.2) is 43.0 Å². The Morgan fingerprint density at radius 2 is 2.11 bits per heavy atom. The molecule has 1 heterocycles. The largest absolute Gasteiger partial charge is 0.383 e. The summed E-state index contributed by atoms with van der Waals surface area (Å²) in [6.45, 7) is 6.27. The summed E-state index contributed by atoms with van der Waals surface area (Å²) in [5.41, 5.74) is 0. The first-order valence-corrected chi connectivity index (χ1v) is 6.70. The molecule has 0 spiro atoms. The molecule has 1 N–H and O–H groups in total. The lowest BCUT2D eigenvalue weighted by Gasteiger charge is -2.09. The van der Waals surface area contributed by atoms with Crippen molar-refractivity contribution in [3.8, 4) is 0 Å². The monoisotopic (exact) mass is 255 g/mol.